The maximum absolute atomic E-state index is 14.1. The summed E-state index contributed by atoms with van der Waals surface area (Å²) in [6.45, 7) is 11.0. The fourth-order valence-corrected chi connectivity index (χ4v) is 4.85. The third kappa shape index (κ3) is 4.95. The standard InChI is InChI=1S/C30H35N3O2/c1-6-31-29(35)32-21(2)20-27(25-14-10-11-15-26(25)32)33(24-12-8-7-9-13-24)28(34)22-16-18-23(19-17-22)30(3,4)5/h7-19,21,27H,6,20H2,1-5H3,(H,31,35). The molecule has 0 spiro atoms. The summed E-state index contributed by atoms with van der Waals surface area (Å²) in [6, 6.07) is 25.3. The summed E-state index contributed by atoms with van der Waals surface area (Å²) in [5.41, 5.74) is 4.52. The summed E-state index contributed by atoms with van der Waals surface area (Å²) in [4.78, 5) is 30.7. The molecule has 3 aromatic rings. The first-order valence-electron chi connectivity index (χ1n) is 12.4. The number of nitrogens with zero attached hydrogens (tertiary/aromatic N) is 2. The van der Waals surface area contributed by atoms with Crippen LogP contribution in [-0.2, 0) is 5.41 Å². The van der Waals surface area contributed by atoms with Gasteiger partial charge in [-0.05, 0) is 67.1 Å². The van der Waals surface area contributed by atoms with Crippen molar-refractivity contribution in [1.29, 1.82) is 0 Å². The first-order chi connectivity index (χ1) is 16.7. The largest absolute Gasteiger partial charge is 0.338 e. The Bertz CT molecular complexity index is 1180. The van der Waals surface area contributed by atoms with Crippen molar-refractivity contribution in [2.24, 2.45) is 0 Å². The van der Waals surface area contributed by atoms with Gasteiger partial charge < -0.3 is 10.2 Å². The highest BCUT2D eigenvalue weighted by atomic mass is 16.2. The third-order valence-electron chi connectivity index (χ3n) is 6.67. The van der Waals surface area contributed by atoms with Crippen molar-refractivity contribution in [2.45, 2.75) is 58.5 Å². The van der Waals surface area contributed by atoms with E-state index in [4.69, 9.17) is 0 Å². The lowest BCUT2D eigenvalue weighted by atomic mass is 9.86. The fraction of sp³-hybridized carbons (Fsp3) is 0.333. The van der Waals surface area contributed by atoms with E-state index in [2.05, 4.69) is 26.1 Å². The average Bonchev–Trinajstić information content (AvgIpc) is 2.84. The summed E-state index contributed by atoms with van der Waals surface area (Å²) in [5.74, 6) is -0.0462. The minimum atomic E-state index is -0.205. The topological polar surface area (TPSA) is 52.7 Å². The molecule has 0 bridgehead atoms. The van der Waals surface area contributed by atoms with Crippen LogP contribution in [0, 0.1) is 0 Å². The number of rotatable bonds is 4. The lowest BCUT2D eigenvalue weighted by Gasteiger charge is -2.43. The first-order valence-corrected chi connectivity index (χ1v) is 12.4. The maximum atomic E-state index is 14.1. The fourth-order valence-electron chi connectivity index (χ4n) is 4.85. The lowest BCUT2D eigenvalue weighted by molar-refractivity contribution is 0.0973. The molecular formula is C30H35N3O2. The molecule has 35 heavy (non-hydrogen) atoms. The molecule has 5 heteroatoms. The molecule has 182 valence electrons. The number of hydrogen-bond donors (Lipinski definition) is 1. The van der Waals surface area contributed by atoms with Crippen LogP contribution in [0.4, 0.5) is 16.2 Å². The van der Waals surface area contributed by atoms with E-state index in [1.807, 2.05) is 103 Å². The van der Waals surface area contributed by atoms with Crippen LogP contribution < -0.4 is 15.1 Å². The molecule has 3 aromatic carbocycles. The Labute approximate surface area is 208 Å². The smallest absolute Gasteiger partial charge is 0.322 e. The predicted molar refractivity (Wildman–Crippen MR) is 143 cm³/mol. The molecule has 1 aliphatic rings. The molecule has 0 saturated heterocycles. The van der Waals surface area contributed by atoms with Gasteiger partial charge in [0, 0.05) is 23.8 Å². The lowest BCUT2D eigenvalue weighted by Crippen LogP contribution is -2.51. The van der Waals surface area contributed by atoms with Crippen LogP contribution in [-0.4, -0.2) is 24.5 Å². The summed E-state index contributed by atoms with van der Waals surface area (Å²) >= 11 is 0. The van der Waals surface area contributed by atoms with Gasteiger partial charge in [-0.25, -0.2) is 4.79 Å². The number of amides is 3. The van der Waals surface area contributed by atoms with Crippen molar-refractivity contribution in [1.82, 2.24) is 5.32 Å². The molecule has 5 nitrogen and oxygen atoms in total. The van der Waals surface area contributed by atoms with Gasteiger partial charge in [0.05, 0.1) is 11.7 Å². The summed E-state index contributed by atoms with van der Waals surface area (Å²) in [5, 5.41) is 2.93. The zero-order chi connectivity index (χ0) is 25.2. The van der Waals surface area contributed by atoms with Crippen LogP contribution in [0.15, 0.2) is 78.9 Å². The molecular weight excluding hydrogens is 434 g/mol. The van der Waals surface area contributed by atoms with E-state index in [1.165, 1.54) is 5.56 Å². The van der Waals surface area contributed by atoms with Gasteiger partial charge in [-0.15, -0.1) is 0 Å². The average molecular weight is 470 g/mol. The van der Waals surface area contributed by atoms with Crippen LogP contribution in [0.25, 0.3) is 0 Å². The SMILES string of the molecule is CCNC(=O)N1c2ccccc2C(N(C(=O)c2ccc(C(C)(C)C)cc2)c2ccccc2)CC1C. The predicted octanol–water partition coefficient (Wildman–Crippen LogP) is 6.70. The highest BCUT2D eigenvalue weighted by Crippen LogP contribution is 2.42. The molecule has 0 saturated carbocycles. The van der Waals surface area contributed by atoms with E-state index in [0.717, 1.165) is 16.9 Å². The Hall–Kier alpha value is -3.60. The van der Waals surface area contributed by atoms with Gasteiger partial charge in [-0.3, -0.25) is 9.69 Å². The number of urea groups is 1. The van der Waals surface area contributed by atoms with Crippen molar-refractivity contribution >= 4 is 23.3 Å². The number of benzene rings is 3. The monoisotopic (exact) mass is 469 g/mol. The Kier molecular flexibility index (Phi) is 6.97. The minimum absolute atomic E-state index is 0.0148. The molecule has 0 radical (unpaired) electrons. The quantitative estimate of drug-likeness (QED) is 0.462. The second kappa shape index (κ2) is 9.95. The normalized spacial score (nSPS) is 17.5. The number of para-hydroxylation sites is 2. The van der Waals surface area contributed by atoms with Crippen molar-refractivity contribution in [3.05, 3.63) is 95.6 Å². The molecule has 3 amide bonds. The van der Waals surface area contributed by atoms with Crippen LogP contribution in [0.5, 0.6) is 0 Å². The van der Waals surface area contributed by atoms with Gasteiger partial charge in [0.15, 0.2) is 0 Å². The van der Waals surface area contributed by atoms with Crippen LogP contribution in [0.3, 0.4) is 0 Å². The Morgan fingerprint density at radius 3 is 2.20 bits per heavy atom. The zero-order valence-corrected chi connectivity index (χ0v) is 21.3. The molecule has 1 heterocycles. The van der Waals surface area contributed by atoms with Crippen LogP contribution in [0.1, 0.15) is 68.6 Å². The first kappa shape index (κ1) is 24.5. The van der Waals surface area contributed by atoms with Gasteiger partial charge in [0.25, 0.3) is 5.91 Å². The minimum Gasteiger partial charge on any atom is -0.338 e. The Morgan fingerprint density at radius 1 is 0.943 bits per heavy atom. The molecule has 1 aliphatic heterocycles. The van der Waals surface area contributed by atoms with E-state index in [9.17, 15) is 9.59 Å². The Morgan fingerprint density at radius 2 is 1.57 bits per heavy atom. The van der Waals surface area contributed by atoms with Gasteiger partial charge in [0.1, 0.15) is 0 Å². The molecule has 0 aliphatic carbocycles. The second-order valence-corrected chi connectivity index (χ2v) is 10.2. The number of hydrogen-bond acceptors (Lipinski definition) is 2. The van der Waals surface area contributed by atoms with Gasteiger partial charge in [-0.2, -0.15) is 0 Å². The van der Waals surface area contributed by atoms with Gasteiger partial charge in [-0.1, -0.05) is 69.3 Å². The number of fused-ring (bicyclic) bond motifs is 1. The van der Waals surface area contributed by atoms with Crippen molar-refractivity contribution in [3.8, 4) is 0 Å². The zero-order valence-electron chi connectivity index (χ0n) is 21.3. The van der Waals surface area contributed by atoms with Crippen LogP contribution >= 0.6 is 0 Å². The van der Waals surface area contributed by atoms with E-state index in [-0.39, 0.29) is 29.4 Å². The molecule has 0 fully saturated rings. The van der Waals surface area contributed by atoms with E-state index in [0.29, 0.717) is 18.5 Å². The molecule has 0 aromatic heterocycles. The van der Waals surface area contributed by atoms with Gasteiger partial charge >= 0.3 is 6.03 Å². The van der Waals surface area contributed by atoms with Crippen molar-refractivity contribution < 1.29 is 9.59 Å². The number of nitrogens with one attached hydrogen (secondary N) is 1. The summed E-state index contributed by atoms with van der Waals surface area (Å²) in [6.07, 6.45) is 0.634. The highest BCUT2D eigenvalue weighted by Gasteiger charge is 2.38. The highest BCUT2D eigenvalue weighted by molar-refractivity contribution is 6.07. The van der Waals surface area contributed by atoms with E-state index in [1.54, 1.807) is 0 Å². The second-order valence-electron chi connectivity index (χ2n) is 10.2. The Balaban J connectivity index is 1.79. The molecule has 2 unspecified atom stereocenters. The number of carbonyl (C=O) groups excluding carboxylic acids is 2. The van der Waals surface area contributed by atoms with Crippen molar-refractivity contribution in [2.75, 3.05) is 16.3 Å². The number of anilines is 2. The summed E-state index contributed by atoms with van der Waals surface area (Å²) < 4.78 is 0. The molecule has 4 rings (SSSR count). The van der Waals surface area contributed by atoms with E-state index < -0.39 is 0 Å². The van der Waals surface area contributed by atoms with Crippen LogP contribution in [0.2, 0.25) is 0 Å². The van der Waals surface area contributed by atoms with E-state index >= 15 is 0 Å². The summed E-state index contributed by atoms with van der Waals surface area (Å²) in [7, 11) is 0. The maximum Gasteiger partial charge on any atom is 0.322 e. The number of carbonyl (C=O) groups is 2. The van der Waals surface area contributed by atoms with Crippen molar-refractivity contribution in [3.63, 3.8) is 0 Å². The molecule has 2 atom stereocenters. The molecule has 1 N–H and O–H groups in total. The third-order valence-corrected chi connectivity index (χ3v) is 6.67. The van der Waals surface area contributed by atoms with Gasteiger partial charge in [0.2, 0.25) is 0 Å².